The second-order valence-electron chi connectivity index (χ2n) is 3.15. The second-order valence-corrected chi connectivity index (χ2v) is 3.15. The van der Waals surface area contributed by atoms with E-state index < -0.39 is 6.10 Å². The molecule has 0 aromatic rings. The first-order chi connectivity index (χ1) is 5.70. The number of hydrogen-bond donors (Lipinski definition) is 2. The Kier molecular flexibility index (Phi) is 3.49. The Bertz CT molecular complexity index is 155. The zero-order valence-corrected chi connectivity index (χ0v) is 7.38. The van der Waals surface area contributed by atoms with Gasteiger partial charge in [0.05, 0.1) is 6.10 Å². The van der Waals surface area contributed by atoms with Crippen LogP contribution in [0, 0.1) is 0 Å². The quantitative estimate of drug-likeness (QED) is 0.610. The molecule has 70 valence electrons. The number of ether oxygens (including phenoxy) is 1. The predicted molar refractivity (Wildman–Crippen MR) is 45.6 cm³/mol. The molecule has 0 spiro atoms. The summed E-state index contributed by atoms with van der Waals surface area (Å²) in [6, 6.07) is 0. The smallest absolute Gasteiger partial charge is 0.246 e. The molecule has 0 radical (unpaired) electrons. The molecule has 12 heavy (non-hydrogen) atoms. The highest BCUT2D eigenvalue weighted by Crippen LogP contribution is 2.08. The topological polar surface area (TPSA) is 64.3 Å². The van der Waals surface area contributed by atoms with Gasteiger partial charge >= 0.3 is 0 Å². The average Bonchev–Trinajstić information content (AvgIpc) is 2.06. The van der Waals surface area contributed by atoms with Gasteiger partial charge in [-0.25, -0.2) is 0 Å². The van der Waals surface area contributed by atoms with E-state index in [9.17, 15) is 4.79 Å². The van der Waals surface area contributed by atoms with Crippen molar-refractivity contribution in [1.82, 2.24) is 5.32 Å². The van der Waals surface area contributed by atoms with Gasteiger partial charge in [0.2, 0.25) is 5.91 Å². The lowest BCUT2D eigenvalue weighted by atomic mass is 10.1. The van der Waals surface area contributed by atoms with Crippen LogP contribution < -0.4 is 11.1 Å². The number of hydrogen-bond acceptors (Lipinski definition) is 3. The fourth-order valence-electron chi connectivity index (χ4n) is 1.29. The molecule has 3 N–H and O–H groups in total. The number of amides is 1. The van der Waals surface area contributed by atoms with Crippen molar-refractivity contribution in [3.8, 4) is 0 Å². The van der Waals surface area contributed by atoms with E-state index >= 15 is 0 Å². The second kappa shape index (κ2) is 4.42. The van der Waals surface area contributed by atoms with E-state index in [1.807, 2.05) is 0 Å². The fraction of sp³-hybridized carbons (Fsp3) is 0.875. The highest BCUT2D eigenvalue weighted by atomic mass is 16.5. The van der Waals surface area contributed by atoms with Gasteiger partial charge in [0.25, 0.3) is 0 Å². The van der Waals surface area contributed by atoms with Gasteiger partial charge in [-0.05, 0) is 26.3 Å². The zero-order valence-electron chi connectivity index (χ0n) is 7.38. The standard InChI is InChI=1S/C8H16N2O2/c1-6(8(9)11)12-7-3-2-4-10-5-7/h6-7,10H,2-5H2,1H3,(H2,9,11)/t6-,7-/m1/s1. The van der Waals surface area contributed by atoms with Crippen LogP contribution in [0.25, 0.3) is 0 Å². The average molecular weight is 172 g/mol. The molecular formula is C8H16N2O2. The number of rotatable bonds is 3. The van der Waals surface area contributed by atoms with Crippen molar-refractivity contribution in [3.05, 3.63) is 0 Å². The number of carbonyl (C=O) groups excluding carboxylic acids is 1. The van der Waals surface area contributed by atoms with Crippen molar-refractivity contribution < 1.29 is 9.53 Å². The van der Waals surface area contributed by atoms with Crippen LogP contribution in [0.3, 0.4) is 0 Å². The first-order valence-electron chi connectivity index (χ1n) is 4.35. The summed E-state index contributed by atoms with van der Waals surface area (Å²) in [6.45, 7) is 3.57. The number of primary amides is 1. The number of nitrogens with two attached hydrogens (primary N) is 1. The van der Waals surface area contributed by atoms with E-state index in [0.717, 1.165) is 25.9 Å². The Labute approximate surface area is 72.5 Å². The summed E-state index contributed by atoms with van der Waals surface area (Å²) in [5, 5.41) is 3.20. The summed E-state index contributed by atoms with van der Waals surface area (Å²) in [7, 11) is 0. The van der Waals surface area contributed by atoms with Gasteiger partial charge in [0, 0.05) is 6.54 Å². The van der Waals surface area contributed by atoms with Gasteiger partial charge in [-0.3, -0.25) is 4.79 Å². The van der Waals surface area contributed by atoms with E-state index in [1.54, 1.807) is 6.92 Å². The van der Waals surface area contributed by atoms with Crippen LogP contribution in [-0.4, -0.2) is 31.2 Å². The highest BCUT2D eigenvalue weighted by molar-refractivity contribution is 5.78. The lowest BCUT2D eigenvalue weighted by Gasteiger charge is -2.25. The van der Waals surface area contributed by atoms with Crippen molar-refractivity contribution in [2.75, 3.05) is 13.1 Å². The lowest BCUT2D eigenvalue weighted by molar-refractivity contribution is -0.132. The van der Waals surface area contributed by atoms with Crippen LogP contribution in [0.15, 0.2) is 0 Å². The van der Waals surface area contributed by atoms with Crippen molar-refractivity contribution >= 4 is 5.91 Å². The molecule has 4 heteroatoms. The van der Waals surface area contributed by atoms with E-state index in [1.165, 1.54) is 0 Å². The summed E-state index contributed by atoms with van der Waals surface area (Å²) in [6.07, 6.45) is 1.82. The number of carbonyl (C=O) groups is 1. The molecule has 2 atom stereocenters. The highest BCUT2D eigenvalue weighted by Gasteiger charge is 2.18. The number of piperidine rings is 1. The summed E-state index contributed by atoms with van der Waals surface area (Å²) < 4.78 is 5.42. The van der Waals surface area contributed by atoms with Crippen LogP contribution >= 0.6 is 0 Å². The van der Waals surface area contributed by atoms with Gasteiger partial charge in [-0.1, -0.05) is 0 Å². The molecule has 0 unspecified atom stereocenters. The molecule has 1 aliphatic rings. The summed E-state index contributed by atoms with van der Waals surface area (Å²) in [5.41, 5.74) is 5.07. The molecule has 0 aromatic heterocycles. The van der Waals surface area contributed by atoms with E-state index in [2.05, 4.69) is 5.32 Å². The van der Waals surface area contributed by atoms with E-state index in [0.29, 0.717) is 0 Å². The summed E-state index contributed by atoms with van der Waals surface area (Å²) >= 11 is 0. The lowest BCUT2D eigenvalue weighted by Crippen LogP contribution is -2.40. The molecule has 1 amide bonds. The maximum Gasteiger partial charge on any atom is 0.246 e. The molecule has 0 bridgehead atoms. The molecule has 1 heterocycles. The van der Waals surface area contributed by atoms with Crippen molar-refractivity contribution in [2.45, 2.75) is 32.0 Å². The molecule has 0 aliphatic carbocycles. The van der Waals surface area contributed by atoms with Gasteiger partial charge in [-0.15, -0.1) is 0 Å². The molecular weight excluding hydrogens is 156 g/mol. The molecule has 1 fully saturated rings. The van der Waals surface area contributed by atoms with Crippen LogP contribution in [0.5, 0.6) is 0 Å². The Morgan fingerprint density at radius 3 is 3.00 bits per heavy atom. The Hall–Kier alpha value is -0.610. The van der Waals surface area contributed by atoms with Crippen molar-refractivity contribution in [3.63, 3.8) is 0 Å². The first kappa shape index (κ1) is 9.48. The molecule has 1 saturated heterocycles. The van der Waals surface area contributed by atoms with Gasteiger partial charge < -0.3 is 15.8 Å². The first-order valence-corrected chi connectivity index (χ1v) is 4.35. The minimum absolute atomic E-state index is 0.154. The molecule has 1 aliphatic heterocycles. The molecule has 0 aromatic carbocycles. The minimum atomic E-state index is -0.463. The molecule has 1 rings (SSSR count). The Balaban J connectivity index is 2.24. The van der Waals surface area contributed by atoms with Gasteiger partial charge in [-0.2, -0.15) is 0 Å². The maximum atomic E-state index is 10.6. The maximum absolute atomic E-state index is 10.6. The third-order valence-electron chi connectivity index (χ3n) is 2.05. The Morgan fingerprint density at radius 1 is 1.75 bits per heavy atom. The van der Waals surface area contributed by atoms with E-state index in [-0.39, 0.29) is 12.0 Å². The predicted octanol–water partition coefficient (Wildman–Crippen LogP) is -0.371. The van der Waals surface area contributed by atoms with Crippen LogP contribution in [0.2, 0.25) is 0 Å². The summed E-state index contributed by atoms with van der Waals surface area (Å²) in [4.78, 5) is 10.6. The van der Waals surface area contributed by atoms with Gasteiger partial charge in [0.1, 0.15) is 6.10 Å². The van der Waals surface area contributed by atoms with Crippen LogP contribution in [-0.2, 0) is 9.53 Å². The van der Waals surface area contributed by atoms with Crippen molar-refractivity contribution in [1.29, 1.82) is 0 Å². The third kappa shape index (κ3) is 2.79. The Morgan fingerprint density at radius 2 is 2.50 bits per heavy atom. The SMILES string of the molecule is C[C@@H](O[C@@H]1CCCNC1)C(N)=O. The van der Waals surface area contributed by atoms with Crippen LogP contribution in [0.1, 0.15) is 19.8 Å². The fourth-order valence-corrected chi connectivity index (χ4v) is 1.29. The van der Waals surface area contributed by atoms with E-state index in [4.69, 9.17) is 10.5 Å². The molecule has 4 nitrogen and oxygen atoms in total. The largest absolute Gasteiger partial charge is 0.367 e. The van der Waals surface area contributed by atoms with Crippen molar-refractivity contribution in [2.24, 2.45) is 5.73 Å². The van der Waals surface area contributed by atoms with Gasteiger partial charge in [0.15, 0.2) is 0 Å². The monoisotopic (exact) mass is 172 g/mol. The summed E-state index contributed by atoms with van der Waals surface area (Å²) in [5.74, 6) is -0.388. The third-order valence-corrected chi connectivity index (χ3v) is 2.05. The zero-order chi connectivity index (χ0) is 8.97. The molecule has 0 saturated carbocycles. The normalized spacial score (nSPS) is 26.6. The van der Waals surface area contributed by atoms with Crippen LogP contribution in [0.4, 0.5) is 0 Å². The minimum Gasteiger partial charge on any atom is -0.367 e. The number of nitrogens with one attached hydrogen (secondary N) is 1.